The highest BCUT2D eigenvalue weighted by molar-refractivity contribution is 5.55. The fourth-order valence-corrected chi connectivity index (χ4v) is 1.37. The van der Waals surface area contributed by atoms with Gasteiger partial charge < -0.3 is 9.73 Å². The molecule has 1 N–H and O–H groups in total. The molecule has 2 aromatic rings. The van der Waals surface area contributed by atoms with E-state index in [4.69, 9.17) is 9.68 Å². The van der Waals surface area contributed by atoms with Gasteiger partial charge in [-0.2, -0.15) is 5.26 Å². The molecule has 1 heterocycles. The highest BCUT2D eigenvalue weighted by Gasteiger charge is 2.13. The van der Waals surface area contributed by atoms with Crippen LogP contribution in [0.2, 0.25) is 0 Å². The summed E-state index contributed by atoms with van der Waals surface area (Å²) in [5.41, 5.74) is 1.33. The van der Waals surface area contributed by atoms with Crippen LogP contribution in [0.1, 0.15) is 24.4 Å². The van der Waals surface area contributed by atoms with Gasteiger partial charge in [0.15, 0.2) is 0 Å². The summed E-state index contributed by atoms with van der Waals surface area (Å²) in [6, 6.07) is 9.17. The highest BCUT2D eigenvalue weighted by atomic mass is 16.4. The molecule has 1 aromatic carbocycles. The third-order valence-electron chi connectivity index (χ3n) is 2.48. The second kappa shape index (κ2) is 4.76. The second-order valence-electron chi connectivity index (χ2n) is 3.65. The predicted molar refractivity (Wildman–Crippen MR) is 61.9 cm³/mol. The maximum atomic E-state index is 8.81. The van der Waals surface area contributed by atoms with Gasteiger partial charge >= 0.3 is 0 Å². The van der Waals surface area contributed by atoms with E-state index in [1.54, 1.807) is 18.2 Å². The van der Waals surface area contributed by atoms with Gasteiger partial charge in [0, 0.05) is 5.56 Å². The molecular weight excluding hydrogens is 216 g/mol. The summed E-state index contributed by atoms with van der Waals surface area (Å²) in [6.07, 6.45) is 0. The summed E-state index contributed by atoms with van der Waals surface area (Å²) in [5, 5.41) is 19.8. The van der Waals surface area contributed by atoms with Crippen LogP contribution in [0.15, 0.2) is 28.7 Å². The smallest absolute Gasteiger partial charge is 0.247 e. The average molecular weight is 228 g/mol. The molecule has 1 atom stereocenters. The number of nitriles is 1. The van der Waals surface area contributed by atoms with Crippen molar-refractivity contribution in [1.29, 1.82) is 5.26 Å². The van der Waals surface area contributed by atoms with Crippen molar-refractivity contribution in [3.05, 3.63) is 35.7 Å². The zero-order valence-corrected chi connectivity index (χ0v) is 9.64. The maximum absolute atomic E-state index is 8.81. The lowest BCUT2D eigenvalue weighted by Gasteiger charge is -2.02. The summed E-state index contributed by atoms with van der Waals surface area (Å²) < 4.78 is 5.53. The van der Waals surface area contributed by atoms with E-state index in [0.29, 0.717) is 17.3 Å². The molecule has 0 fully saturated rings. The molecule has 17 heavy (non-hydrogen) atoms. The second-order valence-corrected chi connectivity index (χ2v) is 3.65. The monoisotopic (exact) mass is 228 g/mol. The normalized spacial score (nSPS) is 12.1. The van der Waals surface area contributed by atoms with E-state index in [0.717, 1.165) is 5.56 Å². The molecule has 0 amide bonds. The standard InChI is InChI=1S/C12H12N4O/c1-8(14-2)11-15-16-12(17-11)10-5-3-4-9(6-10)7-13/h3-6,8,14H,1-2H3. The average Bonchev–Trinajstić information content (AvgIpc) is 2.87. The van der Waals surface area contributed by atoms with Crippen molar-refractivity contribution in [3.63, 3.8) is 0 Å². The van der Waals surface area contributed by atoms with Gasteiger partial charge in [0.2, 0.25) is 11.8 Å². The summed E-state index contributed by atoms with van der Waals surface area (Å²) in [5.74, 6) is 0.962. The number of hydrogen-bond acceptors (Lipinski definition) is 5. The topological polar surface area (TPSA) is 74.7 Å². The van der Waals surface area contributed by atoms with Crippen LogP contribution in [0.3, 0.4) is 0 Å². The first kappa shape index (κ1) is 11.3. The largest absolute Gasteiger partial charge is 0.419 e. The Kier molecular flexibility index (Phi) is 3.17. The van der Waals surface area contributed by atoms with Crippen LogP contribution < -0.4 is 5.32 Å². The molecule has 1 aromatic heterocycles. The first-order valence-electron chi connectivity index (χ1n) is 5.26. The lowest BCUT2D eigenvalue weighted by atomic mass is 10.1. The summed E-state index contributed by atoms with van der Waals surface area (Å²) >= 11 is 0. The first-order valence-corrected chi connectivity index (χ1v) is 5.26. The lowest BCUT2D eigenvalue weighted by Crippen LogP contribution is -2.12. The number of rotatable bonds is 3. The quantitative estimate of drug-likeness (QED) is 0.868. The zero-order valence-electron chi connectivity index (χ0n) is 9.64. The van der Waals surface area contributed by atoms with Crippen LogP contribution in [-0.2, 0) is 0 Å². The van der Waals surface area contributed by atoms with Crippen LogP contribution in [0.5, 0.6) is 0 Å². The van der Waals surface area contributed by atoms with E-state index in [1.165, 1.54) is 0 Å². The van der Waals surface area contributed by atoms with Crippen molar-refractivity contribution in [1.82, 2.24) is 15.5 Å². The third kappa shape index (κ3) is 2.32. The fourth-order valence-electron chi connectivity index (χ4n) is 1.37. The van der Waals surface area contributed by atoms with Gasteiger partial charge in [-0.15, -0.1) is 10.2 Å². The van der Waals surface area contributed by atoms with E-state index in [2.05, 4.69) is 21.6 Å². The molecule has 86 valence electrons. The number of nitrogens with zero attached hydrogens (tertiary/aromatic N) is 3. The van der Waals surface area contributed by atoms with Crippen LogP contribution in [0.4, 0.5) is 0 Å². The third-order valence-corrected chi connectivity index (χ3v) is 2.48. The van der Waals surface area contributed by atoms with Gasteiger partial charge in [-0.25, -0.2) is 0 Å². The Balaban J connectivity index is 2.34. The van der Waals surface area contributed by atoms with E-state index in [1.807, 2.05) is 20.0 Å². The Hall–Kier alpha value is -2.19. The SMILES string of the molecule is CNC(C)c1nnc(-c2cccc(C#N)c2)o1. The molecule has 0 saturated carbocycles. The van der Waals surface area contributed by atoms with Gasteiger partial charge in [0.1, 0.15) is 0 Å². The van der Waals surface area contributed by atoms with Crippen molar-refractivity contribution >= 4 is 0 Å². The van der Waals surface area contributed by atoms with Gasteiger partial charge in [0.25, 0.3) is 0 Å². The minimum atomic E-state index is 0.00963. The fraction of sp³-hybridized carbons (Fsp3) is 0.250. The molecule has 0 saturated heterocycles. The Labute approximate surface area is 99.1 Å². The van der Waals surface area contributed by atoms with Crippen molar-refractivity contribution in [2.75, 3.05) is 7.05 Å². The number of nitrogens with one attached hydrogen (secondary N) is 1. The predicted octanol–water partition coefficient (Wildman–Crippen LogP) is 1.89. The van der Waals surface area contributed by atoms with Crippen LogP contribution in [-0.4, -0.2) is 17.2 Å². The van der Waals surface area contributed by atoms with Gasteiger partial charge in [-0.05, 0) is 32.2 Å². The molecule has 0 spiro atoms. The van der Waals surface area contributed by atoms with Crippen LogP contribution in [0, 0.1) is 11.3 Å². The Morgan fingerprint density at radius 3 is 2.94 bits per heavy atom. The lowest BCUT2D eigenvalue weighted by molar-refractivity contribution is 0.441. The van der Waals surface area contributed by atoms with E-state index >= 15 is 0 Å². The molecule has 0 radical (unpaired) electrons. The minimum absolute atomic E-state index is 0.00963. The summed E-state index contributed by atoms with van der Waals surface area (Å²) in [4.78, 5) is 0. The van der Waals surface area contributed by atoms with E-state index < -0.39 is 0 Å². The number of aromatic nitrogens is 2. The van der Waals surface area contributed by atoms with Crippen LogP contribution in [0.25, 0.3) is 11.5 Å². The Bertz CT molecular complexity index is 556. The molecule has 5 nitrogen and oxygen atoms in total. The molecule has 0 aliphatic carbocycles. The molecule has 1 unspecified atom stereocenters. The van der Waals surface area contributed by atoms with E-state index in [9.17, 15) is 0 Å². The Morgan fingerprint density at radius 2 is 2.24 bits per heavy atom. The number of hydrogen-bond donors (Lipinski definition) is 1. The molecule has 0 bridgehead atoms. The van der Waals surface area contributed by atoms with Crippen molar-refractivity contribution in [2.24, 2.45) is 0 Å². The van der Waals surface area contributed by atoms with Gasteiger partial charge in [-0.1, -0.05) is 6.07 Å². The Morgan fingerprint density at radius 1 is 1.41 bits per heavy atom. The molecule has 2 rings (SSSR count). The summed E-state index contributed by atoms with van der Waals surface area (Å²) in [6.45, 7) is 1.93. The highest BCUT2D eigenvalue weighted by Crippen LogP contribution is 2.21. The van der Waals surface area contributed by atoms with Crippen molar-refractivity contribution in [3.8, 4) is 17.5 Å². The van der Waals surface area contributed by atoms with Crippen LogP contribution >= 0.6 is 0 Å². The van der Waals surface area contributed by atoms with Crippen molar-refractivity contribution in [2.45, 2.75) is 13.0 Å². The number of benzene rings is 1. The maximum Gasteiger partial charge on any atom is 0.247 e. The van der Waals surface area contributed by atoms with E-state index in [-0.39, 0.29) is 6.04 Å². The zero-order chi connectivity index (χ0) is 12.3. The van der Waals surface area contributed by atoms with Crippen molar-refractivity contribution < 1.29 is 4.42 Å². The molecule has 5 heteroatoms. The summed E-state index contributed by atoms with van der Waals surface area (Å²) in [7, 11) is 1.82. The first-order chi connectivity index (χ1) is 8.24. The van der Waals surface area contributed by atoms with Gasteiger partial charge in [-0.3, -0.25) is 0 Å². The molecule has 0 aliphatic rings. The minimum Gasteiger partial charge on any atom is -0.419 e. The molecular formula is C12H12N4O. The molecule has 0 aliphatic heterocycles. The van der Waals surface area contributed by atoms with Gasteiger partial charge in [0.05, 0.1) is 17.7 Å².